The maximum atomic E-state index is 13.2. The van der Waals surface area contributed by atoms with E-state index in [0.717, 1.165) is 24.0 Å². The van der Waals surface area contributed by atoms with Gasteiger partial charge in [-0.15, -0.1) is 0 Å². The van der Waals surface area contributed by atoms with Gasteiger partial charge in [-0.25, -0.2) is 4.39 Å². The second-order valence-electron chi connectivity index (χ2n) is 7.50. The van der Waals surface area contributed by atoms with Crippen molar-refractivity contribution in [3.8, 4) is 0 Å². The maximum Gasteiger partial charge on any atom is 0.303 e. The van der Waals surface area contributed by atoms with Crippen molar-refractivity contribution in [2.75, 3.05) is 13.1 Å². The highest BCUT2D eigenvalue weighted by atomic mass is 19.1. The predicted octanol–water partition coefficient (Wildman–Crippen LogP) is 2.99. The lowest BCUT2D eigenvalue weighted by molar-refractivity contribution is -0.138. The van der Waals surface area contributed by atoms with Crippen molar-refractivity contribution in [2.24, 2.45) is 13.0 Å². The predicted molar refractivity (Wildman–Crippen MR) is 102 cm³/mol. The van der Waals surface area contributed by atoms with E-state index in [4.69, 9.17) is 0 Å². The van der Waals surface area contributed by atoms with Gasteiger partial charge in [-0.05, 0) is 54.4 Å². The Morgan fingerprint density at radius 3 is 2.50 bits per heavy atom. The average Bonchev–Trinajstić information content (AvgIpc) is 3.10. The number of amides is 1. The Morgan fingerprint density at radius 1 is 1.25 bits per heavy atom. The Hall–Kier alpha value is -2.70. The van der Waals surface area contributed by atoms with Crippen LogP contribution in [0.5, 0.6) is 0 Å². The van der Waals surface area contributed by atoms with E-state index in [9.17, 15) is 19.1 Å². The first-order chi connectivity index (χ1) is 13.4. The molecule has 1 N–H and O–H groups in total. The van der Waals surface area contributed by atoms with Crippen molar-refractivity contribution in [1.29, 1.82) is 0 Å². The third kappa shape index (κ3) is 5.18. The van der Waals surface area contributed by atoms with E-state index in [1.54, 1.807) is 23.0 Å². The van der Waals surface area contributed by atoms with E-state index in [-0.39, 0.29) is 30.0 Å². The molecule has 1 aliphatic heterocycles. The van der Waals surface area contributed by atoms with Gasteiger partial charge in [0, 0.05) is 32.8 Å². The summed E-state index contributed by atoms with van der Waals surface area (Å²) in [5.74, 6) is -1.05. The Morgan fingerprint density at radius 2 is 1.93 bits per heavy atom. The van der Waals surface area contributed by atoms with E-state index in [0.29, 0.717) is 25.9 Å². The van der Waals surface area contributed by atoms with Crippen LogP contribution in [0.3, 0.4) is 0 Å². The number of hydrogen-bond acceptors (Lipinski definition) is 3. The number of rotatable bonds is 7. The number of carboxylic acid groups (broad SMARTS) is 1. The normalized spacial score (nSPS) is 16.1. The summed E-state index contributed by atoms with van der Waals surface area (Å²) >= 11 is 0. The van der Waals surface area contributed by atoms with Crippen LogP contribution in [0.1, 0.15) is 42.7 Å². The number of hydrogen-bond donors (Lipinski definition) is 1. The summed E-state index contributed by atoms with van der Waals surface area (Å²) in [5, 5.41) is 13.4. The van der Waals surface area contributed by atoms with Gasteiger partial charge < -0.3 is 10.0 Å². The highest BCUT2D eigenvalue weighted by molar-refractivity contribution is 5.76. The number of likely N-dealkylation sites (tertiary alicyclic amines) is 1. The molecule has 2 heterocycles. The Kier molecular flexibility index (Phi) is 6.44. The van der Waals surface area contributed by atoms with Gasteiger partial charge in [0.05, 0.1) is 12.6 Å². The fourth-order valence-electron chi connectivity index (χ4n) is 4.02. The number of carboxylic acids is 1. The third-order valence-corrected chi connectivity index (χ3v) is 5.54. The molecule has 1 fully saturated rings. The second kappa shape index (κ2) is 8.99. The zero-order chi connectivity index (χ0) is 20.1. The summed E-state index contributed by atoms with van der Waals surface area (Å²) in [6.45, 7) is 1.27. The van der Waals surface area contributed by atoms with E-state index in [2.05, 4.69) is 5.10 Å². The maximum absolute atomic E-state index is 13.2. The van der Waals surface area contributed by atoms with Crippen LogP contribution >= 0.6 is 0 Å². The van der Waals surface area contributed by atoms with Gasteiger partial charge in [-0.3, -0.25) is 14.3 Å². The third-order valence-electron chi connectivity index (χ3n) is 5.54. The van der Waals surface area contributed by atoms with E-state index < -0.39 is 5.97 Å². The first-order valence-electron chi connectivity index (χ1n) is 9.65. The number of aliphatic carboxylic acids is 1. The minimum absolute atomic E-state index is 0.0191. The number of aryl methyl sites for hydroxylation is 2. The van der Waals surface area contributed by atoms with E-state index in [1.165, 1.54) is 12.1 Å². The van der Waals surface area contributed by atoms with Crippen molar-refractivity contribution in [3.63, 3.8) is 0 Å². The molecule has 0 aliphatic carbocycles. The van der Waals surface area contributed by atoms with Gasteiger partial charge in [-0.1, -0.05) is 12.1 Å². The van der Waals surface area contributed by atoms with Crippen LogP contribution in [0.2, 0.25) is 0 Å². The Bertz CT molecular complexity index is 811. The smallest absolute Gasteiger partial charge is 0.303 e. The van der Waals surface area contributed by atoms with Gasteiger partial charge in [-0.2, -0.15) is 5.10 Å². The number of piperidine rings is 1. The van der Waals surface area contributed by atoms with Gasteiger partial charge in [0.1, 0.15) is 5.82 Å². The molecule has 150 valence electrons. The fraction of sp³-hybridized carbons (Fsp3) is 0.476. The molecule has 3 rings (SSSR count). The minimum Gasteiger partial charge on any atom is -0.481 e. The van der Waals surface area contributed by atoms with Crippen LogP contribution in [0.4, 0.5) is 4.39 Å². The summed E-state index contributed by atoms with van der Waals surface area (Å²) in [7, 11) is 1.85. The topological polar surface area (TPSA) is 75.4 Å². The first-order valence-corrected chi connectivity index (χ1v) is 9.65. The fourth-order valence-corrected chi connectivity index (χ4v) is 4.02. The molecule has 0 radical (unpaired) electrons. The molecule has 6 nitrogen and oxygen atoms in total. The first kappa shape index (κ1) is 20.0. The van der Waals surface area contributed by atoms with Crippen molar-refractivity contribution in [1.82, 2.24) is 14.7 Å². The Balaban J connectivity index is 1.56. The number of aromatic nitrogens is 2. The molecule has 1 aliphatic rings. The van der Waals surface area contributed by atoms with Crippen LogP contribution in [-0.2, 0) is 23.1 Å². The zero-order valence-corrected chi connectivity index (χ0v) is 16.1. The Labute approximate surface area is 164 Å². The van der Waals surface area contributed by atoms with Gasteiger partial charge >= 0.3 is 5.97 Å². The molecule has 0 bridgehead atoms. The molecule has 2 aromatic rings. The minimum atomic E-state index is -0.857. The molecule has 1 unspecified atom stereocenters. The molecule has 1 saturated heterocycles. The molecular weight excluding hydrogens is 361 g/mol. The lowest BCUT2D eigenvalue weighted by Gasteiger charge is -2.36. The summed E-state index contributed by atoms with van der Waals surface area (Å²) in [5.41, 5.74) is 1.90. The van der Waals surface area contributed by atoms with E-state index >= 15 is 0 Å². The van der Waals surface area contributed by atoms with Crippen LogP contribution < -0.4 is 0 Å². The van der Waals surface area contributed by atoms with Crippen molar-refractivity contribution >= 4 is 11.9 Å². The zero-order valence-electron chi connectivity index (χ0n) is 16.1. The van der Waals surface area contributed by atoms with E-state index in [1.807, 2.05) is 18.1 Å². The molecule has 0 saturated carbocycles. The average molecular weight is 387 g/mol. The van der Waals surface area contributed by atoms with Gasteiger partial charge in [0.2, 0.25) is 5.91 Å². The number of carbonyl (C=O) groups is 2. The summed E-state index contributed by atoms with van der Waals surface area (Å²) in [4.78, 5) is 25.7. The van der Waals surface area contributed by atoms with Crippen LogP contribution in [0, 0.1) is 11.7 Å². The van der Waals surface area contributed by atoms with Crippen molar-refractivity contribution < 1.29 is 19.1 Å². The number of nitrogens with zero attached hydrogens (tertiary/aromatic N) is 3. The monoisotopic (exact) mass is 387 g/mol. The summed E-state index contributed by atoms with van der Waals surface area (Å²) < 4.78 is 15.0. The molecule has 1 atom stereocenters. The standard InChI is InChI=1S/C21H26FN3O3/c1-24-14-15(13-23-24)2-7-20(26)25-10-8-17(9-11-25)19(12-21(27)28)16-3-5-18(22)6-4-16/h3-6,13-14,17,19H,2,7-12H2,1H3,(H,27,28). The molecule has 0 spiro atoms. The molecule has 1 aromatic heterocycles. The van der Waals surface area contributed by atoms with Gasteiger partial charge in [0.25, 0.3) is 0 Å². The van der Waals surface area contributed by atoms with Gasteiger partial charge in [0.15, 0.2) is 0 Å². The second-order valence-corrected chi connectivity index (χ2v) is 7.50. The van der Waals surface area contributed by atoms with Crippen molar-refractivity contribution in [3.05, 3.63) is 53.6 Å². The van der Waals surface area contributed by atoms with Crippen LogP contribution in [0.15, 0.2) is 36.7 Å². The highest BCUT2D eigenvalue weighted by Gasteiger charge is 2.30. The quantitative estimate of drug-likeness (QED) is 0.793. The van der Waals surface area contributed by atoms with Crippen LogP contribution in [0.25, 0.3) is 0 Å². The number of carbonyl (C=O) groups excluding carboxylic acids is 1. The highest BCUT2D eigenvalue weighted by Crippen LogP contribution is 2.35. The lowest BCUT2D eigenvalue weighted by atomic mass is 9.78. The molecular formula is C21H26FN3O3. The summed E-state index contributed by atoms with van der Waals surface area (Å²) in [6.07, 6.45) is 6.35. The largest absolute Gasteiger partial charge is 0.481 e. The molecule has 1 aromatic carbocycles. The van der Waals surface area contributed by atoms with Crippen LogP contribution in [-0.4, -0.2) is 44.8 Å². The molecule has 7 heteroatoms. The number of halogens is 1. The SMILES string of the molecule is Cn1cc(CCC(=O)N2CCC(C(CC(=O)O)c3ccc(F)cc3)CC2)cn1. The summed E-state index contributed by atoms with van der Waals surface area (Å²) in [6, 6.07) is 6.10. The molecule has 28 heavy (non-hydrogen) atoms. The lowest BCUT2D eigenvalue weighted by Crippen LogP contribution is -2.40. The molecule has 1 amide bonds. The van der Waals surface area contributed by atoms with Crippen molar-refractivity contribution in [2.45, 2.75) is 38.0 Å². The number of benzene rings is 1.